The lowest BCUT2D eigenvalue weighted by atomic mass is 9.47. The minimum atomic E-state index is 0.212. The number of benzene rings is 2. The molecule has 2 bridgehead atoms. The number of hydrogen-bond donors (Lipinski definition) is 0. The Morgan fingerprint density at radius 1 is 0.750 bits per heavy atom. The van der Waals surface area contributed by atoms with Crippen molar-refractivity contribution < 1.29 is 0 Å². The molecule has 102 valence electrons. The second kappa shape index (κ2) is 3.75. The lowest BCUT2D eigenvalue weighted by Gasteiger charge is -2.56. The molecule has 3 aliphatic carbocycles. The van der Waals surface area contributed by atoms with Crippen LogP contribution in [0.1, 0.15) is 55.9 Å². The van der Waals surface area contributed by atoms with E-state index >= 15 is 0 Å². The van der Waals surface area contributed by atoms with Gasteiger partial charge in [0.1, 0.15) is 0 Å². The molecule has 0 saturated heterocycles. The average Bonchev–Trinajstić information content (AvgIpc) is 2.48. The maximum absolute atomic E-state index is 2.44. The van der Waals surface area contributed by atoms with Gasteiger partial charge in [-0.2, -0.15) is 0 Å². The van der Waals surface area contributed by atoms with Crippen LogP contribution in [0.5, 0.6) is 0 Å². The Morgan fingerprint density at radius 3 is 1.65 bits per heavy atom. The molecule has 2 aromatic rings. The fourth-order valence-electron chi connectivity index (χ4n) is 4.89. The zero-order chi connectivity index (χ0) is 14.0. The number of rotatable bonds is 1. The first-order valence-corrected chi connectivity index (χ1v) is 7.81. The fraction of sp³-hybridized carbons (Fsp3) is 0.400. The van der Waals surface area contributed by atoms with E-state index in [1.807, 2.05) is 0 Å². The van der Waals surface area contributed by atoms with Crippen LogP contribution < -0.4 is 0 Å². The van der Waals surface area contributed by atoms with Crippen molar-refractivity contribution in [2.45, 2.75) is 44.4 Å². The summed E-state index contributed by atoms with van der Waals surface area (Å²) < 4.78 is 0. The van der Waals surface area contributed by atoms with Crippen molar-refractivity contribution in [3.63, 3.8) is 0 Å². The number of hydrogen-bond acceptors (Lipinski definition) is 0. The van der Waals surface area contributed by atoms with Gasteiger partial charge in [-0.1, -0.05) is 69.3 Å². The first-order valence-electron chi connectivity index (χ1n) is 7.81. The molecular weight excluding hydrogens is 240 g/mol. The summed E-state index contributed by atoms with van der Waals surface area (Å²) in [4.78, 5) is 0. The lowest BCUT2D eigenvalue weighted by Crippen LogP contribution is -2.50. The molecule has 0 nitrogen and oxygen atoms in total. The van der Waals surface area contributed by atoms with E-state index in [1.165, 1.54) is 12.8 Å². The molecule has 5 rings (SSSR count). The highest BCUT2D eigenvalue weighted by atomic mass is 14.6. The topological polar surface area (TPSA) is 0 Å². The average molecular weight is 262 g/mol. The minimum Gasteiger partial charge on any atom is -0.0619 e. The molecule has 0 spiro atoms. The van der Waals surface area contributed by atoms with Crippen LogP contribution in [0.4, 0.5) is 0 Å². The van der Waals surface area contributed by atoms with Crippen LogP contribution in [0, 0.1) is 5.92 Å². The lowest BCUT2D eigenvalue weighted by molar-refractivity contribution is 0.245. The molecule has 0 heterocycles. The molecular formula is C20H22. The summed E-state index contributed by atoms with van der Waals surface area (Å²) in [6, 6.07) is 18.3. The molecule has 0 N–H and O–H groups in total. The van der Waals surface area contributed by atoms with E-state index < -0.39 is 0 Å². The van der Waals surface area contributed by atoms with Crippen LogP contribution in [0.2, 0.25) is 0 Å². The first-order chi connectivity index (χ1) is 9.60. The van der Waals surface area contributed by atoms with Crippen LogP contribution in [0.15, 0.2) is 48.5 Å². The minimum absolute atomic E-state index is 0.212. The normalized spacial score (nSPS) is 30.2. The van der Waals surface area contributed by atoms with Gasteiger partial charge in [0.15, 0.2) is 0 Å². The molecule has 0 radical (unpaired) electrons. The summed E-state index contributed by atoms with van der Waals surface area (Å²) in [6.07, 6.45) is 2.56. The van der Waals surface area contributed by atoms with Crippen LogP contribution in [0.3, 0.4) is 0 Å². The SMILES string of the molecule is CC(C)C12CCC(C)(c3ccccc31)c1ccccc12. The maximum Gasteiger partial charge on any atom is 0.0232 e. The highest BCUT2D eigenvalue weighted by molar-refractivity contribution is 5.62. The summed E-state index contributed by atoms with van der Waals surface area (Å²) in [5.41, 5.74) is 6.75. The highest BCUT2D eigenvalue weighted by Crippen LogP contribution is 2.61. The van der Waals surface area contributed by atoms with Gasteiger partial charge < -0.3 is 0 Å². The third-order valence-electron chi connectivity index (χ3n) is 6.01. The van der Waals surface area contributed by atoms with Gasteiger partial charge in [-0.15, -0.1) is 0 Å². The van der Waals surface area contributed by atoms with E-state index in [1.54, 1.807) is 22.3 Å². The van der Waals surface area contributed by atoms with Gasteiger partial charge in [-0.05, 0) is 41.0 Å². The van der Waals surface area contributed by atoms with E-state index in [-0.39, 0.29) is 10.8 Å². The number of fused-ring (bicyclic) bond motifs is 1. The van der Waals surface area contributed by atoms with Gasteiger partial charge in [0, 0.05) is 10.8 Å². The molecule has 20 heavy (non-hydrogen) atoms. The van der Waals surface area contributed by atoms with E-state index in [4.69, 9.17) is 0 Å². The molecule has 0 amide bonds. The molecule has 0 saturated carbocycles. The molecule has 0 unspecified atom stereocenters. The summed E-state index contributed by atoms with van der Waals surface area (Å²) in [5.74, 6) is 0.634. The molecule has 3 aliphatic rings. The van der Waals surface area contributed by atoms with Crippen LogP contribution in [0.25, 0.3) is 0 Å². The van der Waals surface area contributed by atoms with Crippen molar-refractivity contribution >= 4 is 0 Å². The van der Waals surface area contributed by atoms with E-state index in [0.29, 0.717) is 5.92 Å². The first kappa shape index (κ1) is 12.2. The van der Waals surface area contributed by atoms with Crippen molar-refractivity contribution in [1.29, 1.82) is 0 Å². The molecule has 0 aliphatic heterocycles. The third kappa shape index (κ3) is 1.19. The van der Waals surface area contributed by atoms with Gasteiger partial charge in [-0.25, -0.2) is 0 Å². The second-order valence-corrected chi connectivity index (χ2v) is 7.05. The summed E-state index contributed by atoms with van der Waals surface area (Å²) in [6.45, 7) is 7.22. The monoisotopic (exact) mass is 262 g/mol. The Balaban J connectivity index is 2.15. The van der Waals surface area contributed by atoms with Crippen molar-refractivity contribution in [2.75, 3.05) is 0 Å². The fourth-order valence-corrected chi connectivity index (χ4v) is 4.89. The standard InChI is InChI=1S/C20H22/c1-14(2)20-13-12-19(3,15-8-4-6-10-17(15)20)16-9-5-7-11-18(16)20/h4-11,14H,12-13H2,1-3H3. The molecule has 0 atom stereocenters. The quantitative estimate of drug-likeness (QED) is 0.675. The van der Waals surface area contributed by atoms with Crippen LogP contribution in [-0.2, 0) is 10.8 Å². The Morgan fingerprint density at radius 2 is 1.20 bits per heavy atom. The predicted molar refractivity (Wildman–Crippen MR) is 84.2 cm³/mol. The van der Waals surface area contributed by atoms with Crippen LogP contribution >= 0.6 is 0 Å². The zero-order valence-corrected chi connectivity index (χ0v) is 12.6. The highest BCUT2D eigenvalue weighted by Gasteiger charge is 2.54. The Bertz CT molecular complexity index is 630. The van der Waals surface area contributed by atoms with E-state index in [9.17, 15) is 0 Å². The summed E-state index contributed by atoms with van der Waals surface area (Å²) in [5, 5.41) is 0. The zero-order valence-electron chi connectivity index (χ0n) is 12.6. The second-order valence-electron chi connectivity index (χ2n) is 7.05. The molecule has 0 heteroatoms. The van der Waals surface area contributed by atoms with Gasteiger partial charge in [0.25, 0.3) is 0 Å². The largest absolute Gasteiger partial charge is 0.0619 e. The van der Waals surface area contributed by atoms with Gasteiger partial charge >= 0.3 is 0 Å². The van der Waals surface area contributed by atoms with E-state index in [2.05, 4.69) is 69.3 Å². The maximum atomic E-state index is 2.44. The summed E-state index contributed by atoms with van der Waals surface area (Å²) >= 11 is 0. The van der Waals surface area contributed by atoms with Gasteiger partial charge in [0.05, 0.1) is 0 Å². The smallest absolute Gasteiger partial charge is 0.0232 e. The Hall–Kier alpha value is -1.56. The summed E-state index contributed by atoms with van der Waals surface area (Å²) in [7, 11) is 0. The Labute approximate surface area is 121 Å². The van der Waals surface area contributed by atoms with Crippen molar-refractivity contribution in [2.24, 2.45) is 5.92 Å². The molecule has 0 fully saturated rings. The predicted octanol–water partition coefficient (Wildman–Crippen LogP) is 5.04. The van der Waals surface area contributed by atoms with Gasteiger partial charge in [0.2, 0.25) is 0 Å². The van der Waals surface area contributed by atoms with Crippen molar-refractivity contribution in [3.05, 3.63) is 70.8 Å². The van der Waals surface area contributed by atoms with E-state index in [0.717, 1.165) is 0 Å². The molecule has 0 aromatic heterocycles. The van der Waals surface area contributed by atoms with Gasteiger partial charge in [-0.3, -0.25) is 0 Å². The van der Waals surface area contributed by atoms with Crippen molar-refractivity contribution in [1.82, 2.24) is 0 Å². The molecule has 2 aromatic carbocycles. The Kier molecular flexibility index (Phi) is 2.29. The van der Waals surface area contributed by atoms with Crippen LogP contribution in [-0.4, -0.2) is 0 Å². The third-order valence-corrected chi connectivity index (χ3v) is 6.01. The van der Waals surface area contributed by atoms with Crippen molar-refractivity contribution in [3.8, 4) is 0 Å².